The van der Waals surface area contributed by atoms with Gasteiger partial charge >= 0.3 is 0 Å². The molecule has 2 rings (SSSR count). The molecule has 0 bridgehead atoms. The van der Waals surface area contributed by atoms with E-state index in [-0.39, 0.29) is 0 Å². The summed E-state index contributed by atoms with van der Waals surface area (Å²) in [6.45, 7) is 3.19. The fraction of sp³-hybridized carbons (Fsp3) is 0.294. The van der Waals surface area contributed by atoms with E-state index in [0.29, 0.717) is 6.04 Å². The SMILES string of the molecule is CCCNC(CSc1ccccc1Br)c1cccc(Cl)c1. The predicted molar refractivity (Wildman–Crippen MR) is 97.4 cm³/mol. The van der Waals surface area contributed by atoms with E-state index in [1.807, 2.05) is 30.0 Å². The Kier molecular flexibility index (Phi) is 7.11. The summed E-state index contributed by atoms with van der Waals surface area (Å²) in [5.41, 5.74) is 1.25. The minimum absolute atomic E-state index is 0.306. The van der Waals surface area contributed by atoms with E-state index in [1.165, 1.54) is 10.5 Å². The lowest BCUT2D eigenvalue weighted by atomic mass is 10.1. The zero-order valence-electron chi connectivity index (χ0n) is 12.0. The summed E-state index contributed by atoms with van der Waals surface area (Å²) in [6.07, 6.45) is 1.12. The van der Waals surface area contributed by atoms with Crippen molar-refractivity contribution in [1.82, 2.24) is 5.32 Å². The van der Waals surface area contributed by atoms with Crippen LogP contribution in [0, 0.1) is 0 Å². The first-order valence-electron chi connectivity index (χ1n) is 7.07. The highest BCUT2D eigenvalue weighted by Gasteiger charge is 2.12. The average Bonchev–Trinajstić information content (AvgIpc) is 2.49. The van der Waals surface area contributed by atoms with E-state index in [9.17, 15) is 0 Å². The number of halogens is 2. The van der Waals surface area contributed by atoms with Crippen molar-refractivity contribution in [3.63, 3.8) is 0 Å². The highest BCUT2D eigenvalue weighted by molar-refractivity contribution is 9.10. The number of hydrogen-bond acceptors (Lipinski definition) is 2. The number of benzene rings is 2. The van der Waals surface area contributed by atoms with Crippen LogP contribution in [0.4, 0.5) is 0 Å². The number of thioether (sulfide) groups is 1. The molecule has 0 spiro atoms. The van der Waals surface area contributed by atoms with Crippen LogP contribution in [0.1, 0.15) is 24.9 Å². The first-order chi connectivity index (χ1) is 10.2. The number of hydrogen-bond donors (Lipinski definition) is 1. The van der Waals surface area contributed by atoms with E-state index in [0.717, 1.165) is 28.2 Å². The Bertz CT molecular complexity index is 576. The summed E-state index contributed by atoms with van der Waals surface area (Å²) in [5, 5.41) is 4.40. The molecular formula is C17H19BrClNS. The molecular weight excluding hydrogens is 366 g/mol. The Morgan fingerprint density at radius 2 is 2.00 bits per heavy atom. The van der Waals surface area contributed by atoms with Gasteiger partial charge in [-0.15, -0.1) is 11.8 Å². The molecule has 1 nitrogen and oxygen atoms in total. The van der Waals surface area contributed by atoms with Crippen molar-refractivity contribution in [3.05, 3.63) is 63.6 Å². The first kappa shape index (κ1) is 16.9. The maximum atomic E-state index is 6.12. The van der Waals surface area contributed by atoms with Crippen LogP contribution in [0.2, 0.25) is 5.02 Å². The van der Waals surface area contributed by atoms with E-state index in [1.54, 1.807) is 0 Å². The van der Waals surface area contributed by atoms with Crippen molar-refractivity contribution >= 4 is 39.3 Å². The molecule has 0 fully saturated rings. The van der Waals surface area contributed by atoms with Crippen LogP contribution >= 0.6 is 39.3 Å². The average molecular weight is 385 g/mol. The summed E-state index contributed by atoms with van der Waals surface area (Å²) in [4.78, 5) is 1.27. The molecule has 1 N–H and O–H groups in total. The molecule has 0 amide bonds. The maximum absolute atomic E-state index is 6.12. The quantitative estimate of drug-likeness (QED) is 0.593. The third kappa shape index (κ3) is 5.33. The topological polar surface area (TPSA) is 12.0 Å². The largest absolute Gasteiger partial charge is 0.309 e. The fourth-order valence-corrected chi connectivity index (χ4v) is 3.91. The normalized spacial score (nSPS) is 12.3. The molecule has 0 radical (unpaired) electrons. The van der Waals surface area contributed by atoms with Gasteiger partial charge in [0.15, 0.2) is 0 Å². The Morgan fingerprint density at radius 3 is 2.71 bits per heavy atom. The summed E-state index contributed by atoms with van der Waals surface area (Å²) < 4.78 is 1.15. The van der Waals surface area contributed by atoms with Gasteiger partial charge in [0.05, 0.1) is 0 Å². The number of rotatable bonds is 7. The summed E-state index contributed by atoms with van der Waals surface area (Å²) in [6, 6.07) is 16.8. The van der Waals surface area contributed by atoms with Crippen LogP contribution in [0.15, 0.2) is 57.9 Å². The van der Waals surface area contributed by atoms with Gasteiger partial charge in [-0.3, -0.25) is 0 Å². The van der Waals surface area contributed by atoms with Crippen LogP contribution in [-0.2, 0) is 0 Å². The van der Waals surface area contributed by atoms with E-state index in [2.05, 4.69) is 58.5 Å². The second-order valence-electron chi connectivity index (χ2n) is 4.80. The Hall–Kier alpha value is -0.480. The third-order valence-electron chi connectivity index (χ3n) is 3.13. The van der Waals surface area contributed by atoms with Crippen molar-refractivity contribution in [2.24, 2.45) is 0 Å². The van der Waals surface area contributed by atoms with Crippen LogP contribution in [0.25, 0.3) is 0 Å². The van der Waals surface area contributed by atoms with E-state index >= 15 is 0 Å². The van der Waals surface area contributed by atoms with Crippen LogP contribution < -0.4 is 5.32 Å². The predicted octanol–water partition coefficient (Wildman–Crippen LogP) is 5.94. The highest BCUT2D eigenvalue weighted by atomic mass is 79.9. The molecule has 0 aliphatic carbocycles. The van der Waals surface area contributed by atoms with Crippen molar-refractivity contribution in [3.8, 4) is 0 Å². The number of nitrogens with one attached hydrogen (secondary N) is 1. The second kappa shape index (κ2) is 8.84. The standard InChI is InChI=1S/C17H19BrClNS/c1-2-10-20-16(13-6-5-7-14(19)11-13)12-21-17-9-4-3-8-15(17)18/h3-9,11,16,20H,2,10,12H2,1H3. The zero-order valence-corrected chi connectivity index (χ0v) is 15.1. The van der Waals surface area contributed by atoms with Gasteiger partial charge in [-0.2, -0.15) is 0 Å². The lowest BCUT2D eigenvalue weighted by Gasteiger charge is -2.19. The molecule has 4 heteroatoms. The molecule has 0 aliphatic heterocycles. The van der Waals surface area contributed by atoms with E-state index < -0.39 is 0 Å². The van der Waals surface area contributed by atoms with Gasteiger partial charge in [-0.05, 0) is 58.7 Å². The van der Waals surface area contributed by atoms with E-state index in [4.69, 9.17) is 11.6 Å². The van der Waals surface area contributed by atoms with Gasteiger partial charge in [0, 0.05) is 26.2 Å². The van der Waals surface area contributed by atoms with Crippen LogP contribution in [0.3, 0.4) is 0 Å². The minimum Gasteiger partial charge on any atom is -0.309 e. The minimum atomic E-state index is 0.306. The van der Waals surface area contributed by atoms with Gasteiger partial charge in [0.25, 0.3) is 0 Å². The van der Waals surface area contributed by atoms with Crippen LogP contribution in [0.5, 0.6) is 0 Å². The Labute approximate surface area is 144 Å². The van der Waals surface area contributed by atoms with Gasteiger partial charge in [-0.1, -0.05) is 42.8 Å². The third-order valence-corrected chi connectivity index (χ3v) is 5.49. The van der Waals surface area contributed by atoms with Crippen molar-refractivity contribution in [2.45, 2.75) is 24.3 Å². The smallest absolute Gasteiger partial charge is 0.0415 e. The molecule has 0 aliphatic rings. The second-order valence-corrected chi connectivity index (χ2v) is 7.16. The highest BCUT2D eigenvalue weighted by Crippen LogP contribution is 2.31. The molecule has 1 atom stereocenters. The van der Waals surface area contributed by atoms with Crippen molar-refractivity contribution in [2.75, 3.05) is 12.3 Å². The molecule has 0 saturated carbocycles. The molecule has 2 aromatic carbocycles. The monoisotopic (exact) mass is 383 g/mol. The van der Waals surface area contributed by atoms with Crippen LogP contribution in [-0.4, -0.2) is 12.3 Å². The van der Waals surface area contributed by atoms with Gasteiger partial charge < -0.3 is 5.32 Å². The fourth-order valence-electron chi connectivity index (χ4n) is 2.05. The molecule has 0 heterocycles. The molecule has 0 saturated heterocycles. The molecule has 112 valence electrons. The summed E-state index contributed by atoms with van der Waals surface area (Å²) >= 11 is 11.6. The first-order valence-corrected chi connectivity index (χ1v) is 9.22. The lowest BCUT2D eigenvalue weighted by Crippen LogP contribution is -2.24. The lowest BCUT2D eigenvalue weighted by molar-refractivity contribution is 0.577. The van der Waals surface area contributed by atoms with Crippen molar-refractivity contribution < 1.29 is 0 Å². The summed E-state index contributed by atoms with van der Waals surface area (Å²) in [5.74, 6) is 0.975. The maximum Gasteiger partial charge on any atom is 0.0415 e. The van der Waals surface area contributed by atoms with Gasteiger partial charge in [-0.25, -0.2) is 0 Å². The van der Waals surface area contributed by atoms with Gasteiger partial charge in [0.1, 0.15) is 0 Å². The Balaban J connectivity index is 2.08. The Morgan fingerprint density at radius 1 is 1.19 bits per heavy atom. The molecule has 21 heavy (non-hydrogen) atoms. The summed E-state index contributed by atoms with van der Waals surface area (Å²) in [7, 11) is 0. The molecule has 1 unspecified atom stereocenters. The van der Waals surface area contributed by atoms with Crippen molar-refractivity contribution in [1.29, 1.82) is 0 Å². The molecule has 2 aromatic rings. The zero-order chi connectivity index (χ0) is 15.1. The molecule has 0 aromatic heterocycles. The van der Waals surface area contributed by atoms with Gasteiger partial charge in [0.2, 0.25) is 0 Å².